The van der Waals surface area contributed by atoms with Crippen molar-refractivity contribution in [3.05, 3.63) is 66.0 Å². The minimum absolute atomic E-state index is 1.32. The summed E-state index contributed by atoms with van der Waals surface area (Å²) < 4.78 is 6.38. The molecule has 0 amide bonds. The van der Waals surface area contributed by atoms with Crippen molar-refractivity contribution >= 4 is 101 Å². The van der Waals surface area contributed by atoms with Crippen LogP contribution in [0.1, 0.15) is 0 Å². The van der Waals surface area contributed by atoms with Gasteiger partial charge in [-0.2, -0.15) is 0 Å². The molecular formula is C26H17IN2SSi. The summed E-state index contributed by atoms with van der Waals surface area (Å²) in [7, 11) is -1.88. The monoisotopic (exact) mass is 544 g/mol. The Hall–Kier alpha value is -2.35. The number of nitrogens with zero attached hydrogens (tertiary/aromatic N) is 2. The van der Waals surface area contributed by atoms with Gasteiger partial charge in [-0.05, 0) is 51.0 Å². The normalized spacial score (nSPS) is 15.2. The van der Waals surface area contributed by atoms with Crippen molar-refractivity contribution in [1.29, 1.82) is 0 Å². The van der Waals surface area contributed by atoms with E-state index in [0.717, 1.165) is 0 Å². The number of halogens is 1. The molecule has 1 aliphatic rings. The largest absolute Gasteiger partial charge is 0.307 e. The molecular weight excluding hydrogens is 527 g/mol. The van der Waals surface area contributed by atoms with Gasteiger partial charge in [-0.1, -0.05) is 49.5 Å². The molecule has 0 atom stereocenters. The lowest BCUT2D eigenvalue weighted by molar-refractivity contribution is 1.30. The molecule has 3 aromatic carbocycles. The number of rotatable bonds is 0. The van der Waals surface area contributed by atoms with E-state index in [0.29, 0.717) is 0 Å². The SMILES string of the molecule is C[Si]1(C)c2ccccc2-c2c1c1cccc3c1c1c(ccc4c5sccc5n2c41)n3I. The van der Waals surface area contributed by atoms with E-state index in [1.165, 1.54) is 59.6 Å². The van der Waals surface area contributed by atoms with Gasteiger partial charge in [-0.3, -0.25) is 2.78 Å². The molecule has 0 unspecified atom stereocenters. The van der Waals surface area contributed by atoms with E-state index in [1.807, 2.05) is 11.3 Å². The van der Waals surface area contributed by atoms with Crippen molar-refractivity contribution in [2.75, 3.05) is 0 Å². The summed E-state index contributed by atoms with van der Waals surface area (Å²) in [4.78, 5) is 0. The van der Waals surface area contributed by atoms with Crippen LogP contribution in [0.4, 0.5) is 0 Å². The second-order valence-corrected chi connectivity index (χ2v) is 15.4. The molecule has 148 valence electrons. The second-order valence-electron chi connectivity index (χ2n) is 9.20. The van der Waals surface area contributed by atoms with Gasteiger partial charge in [0.15, 0.2) is 0 Å². The first kappa shape index (κ1) is 17.2. The third-order valence-corrected chi connectivity index (χ3v) is 13.0. The van der Waals surface area contributed by atoms with Gasteiger partial charge in [0, 0.05) is 16.2 Å². The smallest absolute Gasteiger partial charge is 0.116 e. The Morgan fingerprint density at radius 3 is 2.55 bits per heavy atom. The highest BCUT2D eigenvalue weighted by Gasteiger charge is 2.41. The molecule has 4 aromatic heterocycles. The lowest BCUT2D eigenvalue weighted by Crippen LogP contribution is -2.49. The minimum atomic E-state index is -1.88. The van der Waals surface area contributed by atoms with Crippen LogP contribution >= 0.6 is 34.2 Å². The fourth-order valence-corrected chi connectivity index (χ4v) is 11.3. The van der Waals surface area contributed by atoms with Gasteiger partial charge in [0.2, 0.25) is 0 Å². The van der Waals surface area contributed by atoms with Gasteiger partial charge >= 0.3 is 0 Å². The maximum atomic E-state index is 2.62. The van der Waals surface area contributed by atoms with Gasteiger partial charge in [0.1, 0.15) is 8.07 Å². The van der Waals surface area contributed by atoms with Gasteiger partial charge in [0.05, 0.1) is 55.3 Å². The van der Waals surface area contributed by atoms with Crippen LogP contribution in [0.15, 0.2) is 66.0 Å². The zero-order chi connectivity index (χ0) is 20.6. The minimum Gasteiger partial charge on any atom is -0.307 e. The van der Waals surface area contributed by atoms with Crippen LogP contribution < -0.4 is 10.4 Å². The van der Waals surface area contributed by atoms with Crippen molar-refractivity contribution in [2.24, 2.45) is 0 Å². The molecule has 5 heteroatoms. The third-order valence-electron chi connectivity index (χ3n) is 7.44. The summed E-state index contributed by atoms with van der Waals surface area (Å²) in [5, 5.41) is 11.1. The van der Waals surface area contributed by atoms with Crippen molar-refractivity contribution in [3.63, 3.8) is 0 Å². The van der Waals surface area contributed by atoms with E-state index >= 15 is 0 Å². The molecule has 2 nitrogen and oxygen atoms in total. The molecule has 8 rings (SSSR count). The molecule has 0 radical (unpaired) electrons. The van der Waals surface area contributed by atoms with Crippen LogP contribution in [-0.2, 0) is 0 Å². The van der Waals surface area contributed by atoms with Crippen molar-refractivity contribution in [2.45, 2.75) is 13.1 Å². The molecule has 7 aromatic rings. The predicted octanol–water partition coefficient (Wildman–Crippen LogP) is 6.85. The summed E-state index contributed by atoms with van der Waals surface area (Å²) in [5.74, 6) is 0. The fourth-order valence-electron chi connectivity index (χ4n) is 6.24. The summed E-state index contributed by atoms with van der Waals surface area (Å²) in [5.41, 5.74) is 8.24. The molecule has 1 aliphatic heterocycles. The summed E-state index contributed by atoms with van der Waals surface area (Å²) in [6.45, 7) is 5.07. The molecule has 0 aliphatic carbocycles. The van der Waals surface area contributed by atoms with Crippen LogP contribution in [0.2, 0.25) is 13.1 Å². The predicted molar refractivity (Wildman–Crippen MR) is 146 cm³/mol. The van der Waals surface area contributed by atoms with E-state index < -0.39 is 8.07 Å². The molecule has 0 N–H and O–H groups in total. The molecule has 5 heterocycles. The van der Waals surface area contributed by atoms with Crippen molar-refractivity contribution in [3.8, 4) is 11.3 Å². The number of aromatic nitrogens is 2. The molecule has 0 saturated carbocycles. The van der Waals surface area contributed by atoms with Gasteiger partial charge in [-0.25, -0.2) is 0 Å². The van der Waals surface area contributed by atoms with Crippen LogP contribution in [0.3, 0.4) is 0 Å². The second kappa shape index (κ2) is 5.34. The van der Waals surface area contributed by atoms with Gasteiger partial charge in [-0.15, -0.1) is 11.3 Å². The van der Waals surface area contributed by atoms with Gasteiger partial charge < -0.3 is 4.40 Å². The molecule has 31 heavy (non-hydrogen) atoms. The first-order valence-electron chi connectivity index (χ1n) is 10.6. The third kappa shape index (κ3) is 1.76. The number of thiophene rings is 1. The Labute approximate surface area is 197 Å². The topological polar surface area (TPSA) is 9.34 Å². The Bertz CT molecular complexity index is 1880. The average molecular weight is 544 g/mol. The Morgan fingerprint density at radius 2 is 1.65 bits per heavy atom. The zero-order valence-corrected chi connectivity index (χ0v) is 21.0. The first-order valence-corrected chi connectivity index (χ1v) is 15.4. The van der Waals surface area contributed by atoms with E-state index in [1.54, 1.807) is 10.4 Å². The highest BCUT2D eigenvalue weighted by atomic mass is 127. The molecule has 0 bridgehead atoms. The Balaban J connectivity index is 1.87. The first-order chi connectivity index (χ1) is 15.1. The lowest BCUT2D eigenvalue weighted by Gasteiger charge is -2.19. The average Bonchev–Trinajstić information content (AvgIpc) is 3.46. The Morgan fingerprint density at radius 1 is 0.806 bits per heavy atom. The molecule has 0 saturated heterocycles. The van der Waals surface area contributed by atoms with E-state index in [2.05, 4.69) is 109 Å². The van der Waals surface area contributed by atoms with Crippen molar-refractivity contribution in [1.82, 2.24) is 7.18 Å². The van der Waals surface area contributed by atoms with E-state index in [-0.39, 0.29) is 0 Å². The van der Waals surface area contributed by atoms with Crippen LogP contribution in [0, 0.1) is 0 Å². The number of hydrogen-bond acceptors (Lipinski definition) is 1. The van der Waals surface area contributed by atoms with Crippen LogP contribution in [0.5, 0.6) is 0 Å². The maximum Gasteiger partial charge on any atom is 0.116 e. The Kier molecular flexibility index (Phi) is 2.97. The molecule has 0 fully saturated rings. The highest BCUT2D eigenvalue weighted by Crippen LogP contribution is 2.46. The van der Waals surface area contributed by atoms with E-state index in [4.69, 9.17) is 0 Å². The lowest BCUT2D eigenvalue weighted by atomic mass is 10.1. The van der Waals surface area contributed by atoms with Crippen LogP contribution in [0.25, 0.3) is 59.6 Å². The summed E-state index contributed by atoms with van der Waals surface area (Å²) in [6.07, 6.45) is 0. The standard InChI is InChI=1S/C26H17IN2SSi/c1-31(2)20-9-4-3-6-14(20)24-26(31)15-7-5-8-17-21(15)22-18(29(17)27)11-10-16-23(22)28(24)19-12-13-30-25(16)19/h3-13H,1-2H3. The maximum absolute atomic E-state index is 2.62. The summed E-state index contributed by atoms with van der Waals surface area (Å²) in [6, 6.07) is 23.1. The number of benzene rings is 3. The number of hydrogen-bond donors (Lipinski definition) is 0. The van der Waals surface area contributed by atoms with Gasteiger partial charge in [0.25, 0.3) is 0 Å². The fraction of sp³-hybridized carbons (Fsp3) is 0.0769. The van der Waals surface area contributed by atoms with E-state index in [9.17, 15) is 0 Å². The van der Waals surface area contributed by atoms with Crippen molar-refractivity contribution < 1.29 is 0 Å². The quantitative estimate of drug-likeness (QED) is 0.146. The number of fused-ring (bicyclic) bond motifs is 8. The highest BCUT2D eigenvalue weighted by molar-refractivity contribution is 14.1. The molecule has 0 spiro atoms. The zero-order valence-electron chi connectivity index (χ0n) is 17.0. The van der Waals surface area contributed by atoms with Crippen LogP contribution in [-0.4, -0.2) is 15.3 Å². The summed E-state index contributed by atoms with van der Waals surface area (Å²) >= 11 is 4.36.